The molecule has 1 aromatic heterocycles. The first-order valence-electron chi connectivity index (χ1n) is 12.7. The van der Waals surface area contributed by atoms with Crippen LogP contribution < -0.4 is 0 Å². The lowest BCUT2D eigenvalue weighted by molar-refractivity contribution is 0.652. The van der Waals surface area contributed by atoms with Crippen molar-refractivity contribution in [1.29, 1.82) is 0 Å². The Bertz CT molecular complexity index is 1670. The molecular formula is C34H24N2. The molecule has 4 aliphatic rings. The molecule has 1 atom stereocenters. The van der Waals surface area contributed by atoms with Crippen LogP contribution in [-0.4, -0.2) is 11.2 Å². The van der Waals surface area contributed by atoms with Gasteiger partial charge in [0.25, 0.3) is 0 Å². The van der Waals surface area contributed by atoms with E-state index < -0.39 is 0 Å². The van der Waals surface area contributed by atoms with Crippen LogP contribution in [0.4, 0.5) is 0 Å². The summed E-state index contributed by atoms with van der Waals surface area (Å²) in [6.45, 7) is 2.29. The third kappa shape index (κ3) is 2.37. The molecule has 0 fully saturated rings. The van der Waals surface area contributed by atoms with Gasteiger partial charge in [-0.1, -0.05) is 72.8 Å². The van der Waals surface area contributed by atoms with E-state index in [9.17, 15) is 0 Å². The van der Waals surface area contributed by atoms with Crippen molar-refractivity contribution in [3.05, 3.63) is 143 Å². The second-order valence-electron chi connectivity index (χ2n) is 10.2. The topological polar surface area (TPSA) is 25.2 Å². The monoisotopic (exact) mass is 460 g/mol. The Balaban J connectivity index is 1.56. The summed E-state index contributed by atoms with van der Waals surface area (Å²) in [6.07, 6.45) is 13.6. The zero-order valence-electron chi connectivity index (χ0n) is 20.1. The SMILES string of the molecule is Cc1ccc(-c2cccnc2)c2c1C1(C3=C2C=C2C=NC=CC2C3)c2ccccc2-c2ccccc21. The molecule has 36 heavy (non-hydrogen) atoms. The predicted octanol–water partition coefficient (Wildman–Crippen LogP) is 7.68. The summed E-state index contributed by atoms with van der Waals surface area (Å²) in [5, 5.41) is 0. The Morgan fingerprint density at radius 1 is 0.833 bits per heavy atom. The molecule has 0 amide bonds. The summed E-state index contributed by atoms with van der Waals surface area (Å²) in [5.41, 5.74) is 16.0. The molecule has 170 valence electrons. The van der Waals surface area contributed by atoms with Crippen LogP contribution in [0.25, 0.3) is 27.8 Å². The summed E-state index contributed by atoms with van der Waals surface area (Å²) in [7, 11) is 0. The van der Waals surface area contributed by atoms with Gasteiger partial charge in [0.05, 0.1) is 5.41 Å². The quantitative estimate of drug-likeness (QED) is 0.286. The molecule has 1 unspecified atom stereocenters. The number of aliphatic imine (C=N–C) groups is 1. The lowest BCUT2D eigenvalue weighted by atomic mass is 9.65. The van der Waals surface area contributed by atoms with Crippen LogP contribution in [0.5, 0.6) is 0 Å². The fourth-order valence-corrected chi connectivity index (χ4v) is 7.19. The van der Waals surface area contributed by atoms with Crippen molar-refractivity contribution in [3.8, 4) is 22.3 Å². The van der Waals surface area contributed by atoms with Gasteiger partial charge in [-0.15, -0.1) is 0 Å². The van der Waals surface area contributed by atoms with Gasteiger partial charge in [0.2, 0.25) is 0 Å². The molecule has 8 rings (SSSR count). The van der Waals surface area contributed by atoms with Crippen LogP contribution in [0.15, 0.2) is 120 Å². The molecule has 0 saturated carbocycles. The average Bonchev–Trinajstić information content (AvgIpc) is 3.40. The van der Waals surface area contributed by atoms with Gasteiger partial charge in [-0.3, -0.25) is 9.98 Å². The van der Waals surface area contributed by atoms with Crippen LogP contribution in [0.2, 0.25) is 0 Å². The van der Waals surface area contributed by atoms with Gasteiger partial charge < -0.3 is 0 Å². The maximum atomic E-state index is 4.48. The van der Waals surface area contributed by atoms with Gasteiger partial charge in [-0.05, 0) is 86.7 Å². The van der Waals surface area contributed by atoms with E-state index in [-0.39, 0.29) is 5.41 Å². The van der Waals surface area contributed by atoms with Crippen LogP contribution in [0.1, 0.15) is 34.2 Å². The highest BCUT2D eigenvalue weighted by molar-refractivity contribution is 6.04. The van der Waals surface area contributed by atoms with Crippen molar-refractivity contribution in [2.75, 3.05) is 0 Å². The highest BCUT2D eigenvalue weighted by Gasteiger charge is 2.54. The molecule has 1 aliphatic heterocycles. The van der Waals surface area contributed by atoms with Gasteiger partial charge in [-0.2, -0.15) is 0 Å². The van der Waals surface area contributed by atoms with Crippen molar-refractivity contribution < 1.29 is 0 Å². The molecule has 0 radical (unpaired) electrons. The maximum absolute atomic E-state index is 4.48. The number of aromatic nitrogens is 1. The number of allylic oxidation sites excluding steroid dienone is 5. The molecule has 3 aromatic carbocycles. The van der Waals surface area contributed by atoms with Crippen LogP contribution >= 0.6 is 0 Å². The first kappa shape index (κ1) is 19.9. The van der Waals surface area contributed by atoms with Crippen molar-refractivity contribution in [2.45, 2.75) is 18.8 Å². The Labute approximate surface area is 211 Å². The molecule has 2 nitrogen and oxygen atoms in total. The Morgan fingerprint density at radius 2 is 1.61 bits per heavy atom. The fourth-order valence-electron chi connectivity index (χ4n) is 7.19. The van der Waals surface area contributed by atoms with E-state index in [0.29, 0.717) is 5.92 Å². The van der Waals surface area contributed by atoms with E-state index in [1.807, 2.05) is 24.7 Å². The van der Waals surface area contributed by atoms with Crippen LogP contribution in [0.3, 0.4) is 0 Å². The molecule has 2 heterocycles. The number of benzene rings is 3. The molecule has 1 spiro atoms. The third-order valence-corrected chi connectivity index (χ3v) is 8.55. The highest BCUT2D eigenvalue weighted by atomic mass is 14.7. The fraction of sp³-hybridized carbons (Fsp3) is 0.118. The summed E-state index contributed by atoms with van der Waals surface area (Å²) in [6, 6.07) is 26.9. The zero-order valence-corrected chi connectivity index (χ0v) is 20.1. The van der Waals surface area contributed by atoms with Crippen molar-refractivity contribution in [2.24, 2.45) is 10.9 Å². The zero-order chi connectivity index (χ0) is 23.9. The molecule has 3 aliphatic carbocycles. The number of hydrogen-bond donors (Lipinski definition) is 0. The van der Waals surface area contributed by atoms with Crippen molar-refractivity contribution in [3.63, 3.8) is 0 Å². The second-order valence-corrected chi connectivity index (χ2v) is 10.2. The predicted molar refractivity (Wildman–Crippen MR) is 147 cm³/mol. The van der Waals surface area contributed by atoms with E-state index >= 15 is 0 Å². The number of hydrogen-bond acceptors (Lipinski definition) is 2. The van der Waals surface area contributed by atoms with Gasteiger partial charge in [0, 0.05) is 36.3 Å². The number of rotatable bonds is 1. The molecule has 0 saturated heterocycles. The van der Waals surface area contributed by atoms with Crippen LogP contribution in [-0.2, 0) is 5.41 Å². The van der Waals surface area contributed by atoms with E-state index in [4.69, 9.17) is 0 Å². The van der Waals surface area contributed by atoms with Crippen molar-refractivity contribution >= 4 is 11.8 Å². The lowest BCUT2D eigenvalue weighted by Gasteiger charge is -2.36. The minimum Gasteiger partial charge on any atom is -0.265 e. The van der Waals surface area contributed by atoms with E-state index in [0.717, 1.165) is 12.0 Å². The lowest BCUT2D eigenvalue weighted by Crippen LogP contribution is -2.30. The minimum absolute atomic E-state index is 0.287. The Morgan fingerprint density at radius 3 is 2.36 bits per heavy atom. The molecule has 0 bridgehead atoms. The summed E-state index contributed by atoms with van der Waals surface area (Å²) < 4.78 is 0. The van der Waals surface area contributed by atoms with Crippen LogP contribution in [0, 0.1) is 12.8 Å². The van der Waals surface area contributed by atoms with E-state index in [1.54, 1.807) is 0 Å². The average molecular weight is 461 g/mol. The molecule has 0 N–H and O–H groups in total. The largest absolute Gasteiger partial charge is 0.265 e. The second kappa shape index (κ2) is 7.11. The summed E-state index contributed by atoms with van der Waals surface area (Å²) in [4.78, 5) is 8.96. The first-order valence-corrected chi connectivity index (χ1v) is 12.7. The number of aryl methyl sites for hydroxylation is 1. The first-order chi connectivity index (χ1) is 17.8. The van der Waals surface area contributed by atoms with E-state index in [2.05, 4.69) is 102 Å². The standard InChI is InChI=1S/C34H24N2/c1-21-12-13-25(23-7-6-15-35-19-23)32-28-17-24-20-36-16-14-22(24)18-31(28)34(33(21)32)29-10-4-2-8-26(29)27-9-3-5-11-30(27)34/h2-17,19-20,22H,18H2,1H3. The summed E-state index contributed by atoms with van der Waals surface area (Å²) >= 11 is 0. The van der Waals surface area contributed by atoms with Gasteiger partial charge in [0.1, 0.15) is 0 Å². The smallest absolute Gasteiger partial charge is 0.0691 e. The Kier molecular flexibility index (Phi) is 3.94. The normalized spacial score (nSPS) is 19.5. The van der Waals surface area contributed by atoms with Crippen molar-refractivity contribution in [1.82, 2.24) is 4.98 Å². The number of nitrogens with zero attached hydrogens (tertiary/aromatic N) is 2. The van der Waals surface area contributed by atoms with Gasteiger partial charge >= 0.3 is 0 Å². The highest BCUT2D eigenvalue weighted by Crippen LogP contribution is 2.66. The molecule has 2 heteroatoms. The summed E-state index contributed by atoms with van der Waals surface area (Å²) in [5.74, 6) is 0.356. The number of pyridine rings is 1. The van der Waals surface area contributed by atoms with E-state index in [1.165, 1.54) is 61.2 Å². The maximum Gasteiger partial charge on any atom is 0.0691 e. The molecule has 4 aromatic rings. The van der Waals surface area contributed by atoms with Gasteiger partial charge in [-0.25, -0.2) is 0 Å². The van der Waals surface area contributed by atoms with Gasteiger partial charge in [0.15, 0.2) is 0 Å². The molecular weight excluding hydrogens is 436 g/mol. The minimum atomic E-state index is -0.287. The Hall–Kier alpha value is -4.30. The number of fused-ring (bicyclic) bond motifs is 10. The third-order valence-electron chi connectivity index (χ3n) is 8.55.